The van der Waals surface area contributed by atoms with E-state index in [1.807, 2.05) is 25.1 Å². The minimum absolute atomic E-state index is 0.676. The molecule has 0 atom stereocenters. The van der Waals surface area contributed by atoms with E-state index in [0.29, 0.717) is 5.88 Å². The molecule has 1 rings (SSSR count). The highest BCUT2D eigenvalue weighted by molar-refractivity contribution is 5.14. The number of ether oxygens (including phenoxy) is 1. The third-order valence-electron chi connectivity index (χ3n) is 1.07. The molecule has 0 aromatic carbocycles. The van der Waals surface area contributed by atoms with E-state index in [2.05, 4.69) is 4.98 Å². The molecular formula is C8H13NO2. The molecule has 3 heteroatoms. The fraction of sp³-hybridized carbons (Fsp3) is 0.375. The molecule has 0 saturated heterocycles. The van der Waals surface area contributed by atoms with E-state index in [4.69, 9.17) is 9.84 Å². The Morgan fingerprint density at radius 1 is 1.36 bits per heavy atom. The van der Waals surface area contributed by atoms with Crippen LogP contribution in [0.1, 0.15) is 5.69 Å². The summed E-state index contributed by atoms with van der Waals surface area (Å²) in [7, 11) is 2.61. The molecule has 0 aliphatic heterocycles. The molecule has 0 bridgehead atoms. The molecule has 1 N–H and O–H groups in total. The average molecular weight is 155 g/mol. The van der Waals surface area contributed by atoms with Crippen LogP contribution in [0.25, 0.3) is 0 Å². The Bertz CT molecular complexity index is 201. The first kappa shape index (κ1) is 9.91. The fourth-order valence-electron chi connectivity index (χ4n) is 0.632. The van der Waals surface area contributed by atoms with Crippen LogP contribution < -0.4 is 4.74 Å². The van der Waals surface area contributed by atoms with Crippen LogP contribution in [-0.4, -0.2) is 24.3 Å². The fourth-order valence-corrected chi connectivity index (χ4v) is 0.632. The lowest BCUT2D eigenvalue weighted by molar-refractivity contribution is 0.397. The molecule has 62 valence electrons. The zero-order valence-corrected chi connectivity index (χ0v) is 7.03. The summed E-state index contributed by atoms with van der Waals surface area (Å²) in [6.07, 6.45) is 0. The number of hydrogen-bond acceptors (Lipinski definition) is 3. The van der Waals surface area contributed by atoms with Crippen LogP contribution in [-0.2, 0) is 0 Å². The van der Waals surface area contributed by atoms with Gasteiger partial charge in [-0.2, -0.15) is 0 Å². The number of aliphatic hydroxyl groups excluding tert-OH is 1. The number of hydrogen-bond donors (Lipinski definition) is 1. The van der Waals surface area contributed by atoms with Crippen molar-refractivity contribution < 1.29 is 9.84 Å². The Balaban J connectivity index is 0.000000461. The molecule has 1 aromatic rings. The van der Waals surface area contributed by atoms with Crippen LogP contribution in [0.4, 0.5) is 0 Å². The molecule has 1 heterocycles. The predicted octanol–water partition coefficient (Wildman–Crippen LogP) is 1.01. The Hall–Kier alpha value is -1.09. The molecule has 0 fully saturated rings. The van der Waals surface area contributed by atoms with E-state index in [1.54, 1.807) is 7.11 Å². The zero-order chi connectivity index (χ0) is 8.69. The van der Waals surface area contributed by atoms with E-state index < -0.39 is 0 Å². The highest BCUT2D eigenvalue weighted by atomic mass is 16.5. The highest BCUT2D eigenvalue weighted by Crippen LogP contribution is 2.04. The first-order valence-corrected chi connectivity index (χ1v) is 3.25. The minimum atomic E-state index is 0.676. The van der Waals surface area contributed by atoms with Gasteiger partial charge in [0.05, 0.1) is 7.11 Å². The molecule has 0 aliphatic carbocycles. The van der Waals surface area contributed by atoms with Crippen molar-refractivity contribution in [2.45, 2.75) is 6.92 Å². The lowest BCUT2D eigenvalue weighted by Crippen LogP contribution is -1.87. The van der Waals surface area contributed by atoms with Crippen LogP contribution in [0, 0.1) is 6.92 Å². The molecule has 0 spiro atoms. The number of aromatic nitrogens is 1. The van der Waals surface area contributed by atoms with Crippen molar-refractivity contribution in [1.29, 1.82) is 0 Å². The summed E-state index contributed by atoms with van der Waals surface area (Å²) >= 11 is 0. The second-order valence-electron chi connectivity index (χ2n) is 1.82. The lowest BCUT2D eigenvalue weighted by Gasteiger charge is -1.96. The number of aryl methyl sites for hydroxylation is 1. The van der Waals surface area contributed by atoms with E-state index >= 15 is 0 Å². The summed E-state index contributed by atoms with van der Waals surface area (Å²) in [5.41, 5.74) is 0.981. The highest BCUT2D eigenvalue weighted by Gasteiger charge is 1.88. The molecule has 0 aliphatic rings. The Labute approximate surface area is 66.7 Å². The molecule has 0 unspecified atom stereocenters. The smallest absolute Gasteiger partial charge is 0.213 e. The van der Waals surface area contributed by atoms with Gasteiger partial charge in [-0.25, -0.2) is 4.98 Å². The van der Waals surface area contributed by atoms with Gasteiger partial charge in [-0.15, -0.1) is 0 Å². The molecule has 0 saturated carbocycles. The lowest BCUT2D eigenvalue weighted by atomic mass is 10.4. The zero-order valence-electron chi connectivity index (χ0n) is 7.03. The quantitative estimate of drug-likeness (QED) is 0.658. The summed E-state index contributed by atoms with van der Waals surface area (Å²) in [6.45, 7) is 1.93. The standard InChI is InChI=1S/C7H9NO.CH4O/c1-6-4-3-5-7(8-6)9-2;1-2/h3-5H,1-2H3;2H,1H3. The van der Waals surface area contributed by atoms with Gasteiger partial charge in [0.25, 0.3) is 0 Å². The van der Waals surface area contributed by atoms with Crippen LogP contribution in [0.2, 0.25) is 0 Å². The molecule has 3 nitrogen and oxygen atoms in total. The Morgan fingerprint density at radius 3 is 2.36 bits per heavy atom. The largest absolute Gasteiger partial charge is 0.481 e. The molecule has 1 aromatic heterocycles. The maximum Gasteiger partial charge on any atom is 0.213 e. The van der Waals surface area contributed by atoms with E-state index in [0.717, 1.165) is 12.8 Å². The van der Waals surface area contributed by atoms with Crippen LogP contribution in [0.3, 0.4) is 0 Å². The number of pyridine rings is 1. The summed E-state index contributed by atoms with van der Waals surface area (Å²) in [5, 5.41) is 7.00. The SMILES string of the molecule is CO.COc1cccc(C)n1. The van der Waals surface area contributed by atoms with Crippen LogP contribution in [0.5, 0.6) is 5.88 Å². The van der Waals surface area contributed by atoms with Gasteiger partial charge in [-0.05, 0) is 13.0 Å². The van der Waals surface area contributed by atoms with Gasteiger partial charge in [0.2, 0.25) is 5.88 Å². The van der Waals surface area contributed by atoms with Crippen molar-refractivity contribution in [2.75, 3.05) is 14.2 Å². The Morgan fingerprint density at radius 2 is 2.00 bits per heavy atom. The first-order chi connectivity index (χ1) is 5.33. The number of aliphatic hydroxyl groups is 1. The van der Waals surface area contributed by atoms with E-state index in [1.165, 1.54) is 0 Å². The minimum Gasteiger partial charge on any atom is -0.481 e. The van der Waals surface area contributed by atoms with Crippen molar-refractivity contribution in [3.05, 3.63) is 23.9 Å². The normalized spacial score (nSPS) is 8.00. The van der Waals surface area contributed by atoms with Gasteiger partial charge in [0.15, 0.2) is 0 Å². The predicted molar refractivity (Wildman–Crippen MR) is 43.7 cm³/mol. The van der Waals surface area contributed by atoms with Gasteiger partial charge in [-0.1, -0.05) is 6.07 Å². The molecular weight excluding hydrogens is 142 g/mol. The van der Waals surface area contributed by atoms with Crippen LogP contribution in [0.15, 0.2) is 18.2 Å². The summed E-state index contributed by atoms with van der Waals surface area (Å²) in [5.74, 6) is 0.676. The number of nitrogens with zero attached hydrogens (tertiary/aromatic N) is 1. The molecule has 0 amide bonds. The monoisotopic (exact) mass is 155 g/mol. The summed E-state index contributed by atoms with van der Waals surface area (Å²) in [6, 6.07) is 5.68. The Kier molecular flexibility index (Phi) is 5.11. The topological polar surface area (TPSA) is 42.4 Å². The van der Waals surface area contributed by atoms with Crippen molar-refractivity contribution in [3.63, 3.8) is 0 Å². The van der Waals surface area contributed by atoms with Gasteiger partial charge >= 0.3 is 0 Å². The van der Waals surface area contributed by atoms with Crippen molar-refractivity contribution in [1.82, 2.24) is 4.98 Å². The van der Waals surface area contributed by atoms with Gasteiger partial charge in [-0.3, -0.25) is 0 Å². The second-order valence-corrected chi connectivity index (χ2v) is 1.82. The third kappa shape index (κ3) is 3.57. The van der Waals surface area contributed by atoms with Crippen LogP contribution >= 0.6 is 0 Å². The second kappa shape index (κ2) is 5.68. The third-order valence-corrected chi connectivity index (χ3v) is 1.07. The summed E-state index contributed by atoms with van der Waals surface area (Å²) in [4.78, 5) is 4.07. The average Bonchev–Trinajstić information content (AvgIpc) is 2.08. The maximum atomic E-state index is 7.00. The number of rotatable bonds is 1. The molecule has 0 radical (unpaired) electrons. The van der Waals surface area contributed by atoms with E-state index in [-0.39, 0.29) is 0 Å². The summed E-state index contributed by atoms with van der Waals surface area (Å²) < 4.78 is 4.88. The van der Waals surface area contributed by atoms with Gasteiger partial charge in [0, 0.05) is 18.9 Å². The maximum absolute atomic E-state index is 7.00. The number of methoxy groups -OCH3 is 1. The van der Waals surface area contributed by atoms with Crippen molar-refractivity contribution >= 4 is 0 Å². The van der Waals surface area contributed by atoms with Gasteiger partial charge < -0.3 is 9.84 Å². The van der Waals surface area contributed by atoms with Crippen molar-refractivity contribution in [2.24, 2.45) is 0 Å². The van der Waals surface area contributed by atoms with Crippen molar-refractivity contribution in [3.8, 4) is 5.88 Å². The van der Waals surface area contributed by atoms with E-state index in [9.17, 15) is 0 Å². The first-order valence-electron chi connectivity index (χ1n) is 3.25. The molecule has 11 heavy (non-hydrogen) atoms. The van der Waals surface area contributed by atoms with Gasteiger partial charge in [0.1, 0.15) is 0 Å².